The largest absolute Gasteiger partial charge is 0.481 e. The molecule has 1 aliphatic rings. The van der Waals surface area contributed by atoms with Gasteiger partial charge >= 0.3 is 5.97 Å². The summed E-state index contributed by atoms with van der Waals surface area (Å²) in [7, 11) is 0. The lowest BCUT2D eigenvalue weighted by Crippen LogP contribution is -2.41. The highest BCUT2D eigenvalue weighted by molar-refractivity contribution is 7.10. The Morgan fingerprint density at radius 1 is 1.35 bits per heavy atom. The normalized spacial score (nSPS) is 16.3. The highest BCUT2D eigenvalue weighted by atomic mass is 32.1. The van der Waals surface area contributed by atoms with E-state index in [-0.39, 0.29) is 24.7 Å². The minimum absolute atomic E-state index is 0.0315. The summed E-state index contributed by atoms with van der Waals surface area (Å²) in [6, 6.07) is 1.58. The molecular weight excluding hydrogens is 316 g/mol. The van der Waals surface area contributed by atoms with Gasteiger partial charge in [-0.1, -0.05) is 0 Å². The lowest BCUT2D eigenvalue weighted by atomic mass is 10.0. The van der Waals surface area contributed by atoms with Crippen LogP contribution in [-0.4, -0.2) is 40.4 Å². The Kier molecular flexibility index (Phi) is 5.76. The van der Waals surface area contributed by atoms with Crippen molar-refractivity contribution >= 4 is 29.1 Å². The second-order valence-electron chi connectivity index (χ2n) is 5.92. The molecule has 1 aliphatic heterocycles. The van der Waals surface area contributed by atoms with Crippen molar-refractivity contribution in [2.75, 3.05) is 6.54 Å². The second-order valence-corrected chi connectivity index (χ2v) is 6.92. The van der Waals surface area contributed by atoms with Gasteiger partial charge in [-0.15, -0.1) is 11.3 Å². The zero-order chi connectivity index (χ0) is 17.0. The average Bonchev–Trinajstić information content (AvgIpc) is 2.99. The minimum Gasteiger partial charge on any atom is -0.481 e. The number of hydrogen-bond donors (Lipinski definition) is 2. The molecular formula is C16H22N2O4S. The van der Waals surface area contributed by atoms with Crippen LogP contribution in [0.15, 0.2) is 11.4 Å². The molecule has 2 N–H and O–H groups in total. The standard InChI is InChI=1S/C16H22N2O4S/c1-10(16(21)22)11(2)17-14(19)3-4-15(20)18-7-5-13-12(9-18)6-8-23-13/h6,8,10-11H,3-5,7,9H2,1-2H3,(H,17,19)(H,21,22). The fourth-order valence-corrected chi connectivity index (χ4v) is 3.39. The van der Waals surface area contributed by atoms with Crippen molar-refractivity contribution in [3.8, 4) is 0 Å². The molecule has 23 heavy (non-hydrogen) atoms. The van der Waals surface area contributed by atoms with Crippen LogP contribution in [0.4, 0.5) is 0 Å². The van der Waals surface area contributed by atoms with Crippen LogP contribution in [0.3, 0.4) is 0 Å². The summed E-state index contributed by atoms with van der Waals surface area (Å²) in [6.45, 7) is 4.51. The third-order valence-electron chi connectivity index (χ3n) is 4.25. The zero-order valence-electron chi connectivity index (χ0n) is 13.4. The van der Waals surface area contributed by atoms with Gasteiger partial charge in [-0.25, -0.2) is 0 Å². The van der Waals surface area contributed by atoms with Crippen LogP contribution in [0.25, 0.3) is 0 Å². The van der Waals surface area contributed by atoms with Crippen molar-refractivity contribution in [2.45, 2.75) is 45.7 Å². The number of fused-ring (bicyclic) bond motifs is 1. The van der Waals surface area contributed by atoms with Crippen LogP contribution in [0, 0.1) is 5.92 Å². The summed E-state index contributed by atoms with van der Waals surface area (Å²) in [4.78, 5) is 38.1. The summed E-state index contributed by atoms with van der Waals surface area (Å²) in [5.74, 6) is -1.93. The number of thiophene rings is 1. The molecule has 2 amide bonds. The number of hydrogen-bond acceptors (Lipinski definition) is 4. The van der Waals surface area contributed by atoms with E-state index in [1.165, 1.54) is 10.4 Å². The lowest BCUT2D eigenvalue weighted by Gasteiger charge is -2.27. The first kappa shape index (κ1) is 17.5. The van der Waals surface area contributed by atoms with Crippen LogP contribution in [0.1, 0.15) is 37.1 Å². The van der Waals surface area contributed by atoms with Gasteiger partial charge in [0.2, 0.25) is 11.8 Å². The first-order valence-electron chi connectivity index (χ1n) is 7.73. The number of aliphatic carboxylic acids is 1. The first-order valence-corrected chi connectivity index (χ1v) is 8.61. The Labute approximate surface area is 139 Å². The average molecular weight is 338 g/mol. The number of carbonyl (C=O) groups is 3. The van der Waals surface area contributed by atoms with Gasteiger partial charge in [0.25, 0.3) is 0 Å². The van der Waals surface area contributed by atoms with Crippen LogP contribution >= 0.6 is 11.3 Å². The number of nitrogens with one attached hydrogen (secondary N) is 1. The number of nitrogens with zero attached hydrogens (tertiary/aromatic N) is 1. The van der Waals surface area contributed by atoms with Crippen LogP contribution in [-0.2, 0) is 27.3 Å². The van der Waals surface area contributed by atoms with Crippen LogP contribution in [0.5, 0.6) is 0 Å². The molecule has 2 heterocycles. The van der Waals surface area contributed by atoms with Gasteiger partial charge in [0, 0.05) is 36.9 Å². The number of carboxylic acid groups (broad SMARTS) is 1. The molecule has 0 aliphatic carbocycles. The molecule has 2 unspecified atom stereocenters. The summed E-state index contributed by atoms with van der Waals surface area (Å²) >= 11 is 1.72. The predicted molar refractivity (Wildman–Crippen MR) is 87.1 cm³/mol. The summed E-state index contributed by atoms with van der Waals surface area (Å²) in [6.07, 6.45) is 1.11. The van der Waals surface area contributed by atoms with Crippen molar-refractivity contribution in [3.05, 3.63) is 21.9 Å². The maximum atomic E-state index is 12.2. The zero-order valence-corrected chi connectivity index (χ0v) is 14.2. The fourth-order valence-electron chi connectivity index (χ4n) is 2.50. The molecule has 2 rings (SSSR count). The van der Waals surface area contributed by atoms with Gasteiger partial charge in [-0.2, -0.15) is 0 Å². The predicted octanol–water partition coefficient (Wildman–Crippen LogP) is 1.64. The Morgan fingerprint density at radius 2 is 2.09 bits per heavy atom. The van der Waals surface area contributed by atoms with Gasteiger partial charge in [0.15, 0.2) is 0 Å². The third kappa shape index (κ3) is 4.54. The summed E-state index contributed by atoms with van der Waals surface area (Å²) in [5.41, 5.74) is 1.20. The molecule has 6 nitrogen and oxygen atoms in total. The van der Waals surface area contributed by atoms with E-state index < -0.39 is 17.9 Å². The van der Waals surface area contributed by atoms with Crippen molar-refractivity contribution in [1.29, 1.82) is 0 Å². The van der Waals surface area contributed by atoms with Gasteiger partial charge in [0.05, 0.1) is 5.92 Å². The van der Waals surface area contributed by atoms with E-state index in [1.54, 1.807) is 30.1 Å². The number of rotatable bonds is 6. The number of amides is 2. The van der Waals surface area contributed by atoms with E-state index in [0.29, 0.717) is 13.1 Å². The summed E-state index contributed by atoms with van der Waals surface area (Å²) in [5, 5.41) is 13.6. The molecule has 0 aromatic carbocycles. The van der Waals surface area contributed by atoms with Crippen LogP contribution in [0.2, 0.25) is 0 Å². The Hall–Kier alpha value is -1.89. The maximum absolute atomic E-state index is 12.2. The van der Waals surface area contributed by atoms with E-state index >= 15 is 0 Å². The number of carboxylic acids is 1. The van der Waals surface area contributed by atoms with E-state index in [9.17, 15) is 14.4 Å². The van der Waals surface area contributed by atoms with Crippen molar-refractivity contribution in [3.63, 3.8) is 0 Å². The quantitative estimate of drug-likeness (QED) is 0.825. The molecule has 2 atom stereocenters. The molecule has 1 aromatic rings. The monoisotopic (exact) mass is 338 g/mol. The maximum Gasteiger partial charge on any atom is 0.308 e. The van der Waals surface area contributed by atoms with E-state index in [1.807, 2.05) is 11.4 Å². The Morgan fingerprint density at radius 3 is 2.78 bits per heavy atom. The molecule has 0 bridgehead atoms. The molecule has 1 aromatic heterocycles. The highest BCUT2D eigenvalue weighted by Gasteiger charge is 2.23. The minimum atomic E-state index is -0.950. The molecule has 0 spiro atoms. The van der Waals surface area contributed by atoms with Crippen LogP contribution < -0.4 is 5.32 Å². The highest BCUT2D eigenvalue weighted by Crippen LogP contribution is 2.24. The molecule has 0 saturated carbocycles. The van der Waals surface area contributed by atoms with Gasteiger partial charge in [0.1, 0.15) is 0 Å². The number of carbonyl (C=O) groups excluding carboxylic acids is 2. The van der Waals surface area contributed by atoms with Gasteiger partial charge in [-0.3, -0.25) is 14.4 Å². The Balaban J connectivity index is 1.76. The van der Waals surface area contributed by atoms with Gasteiger partial charge in [-0.05, 0) is 37.3 Å². The van der Waals surface area contributed by atoms with Gasteiger partial charge < -0.3 is 15.3 Å². The van der Waals surface area contributed by atoms with Crippen molar-refractivity contribution in [1.82, 2.24) is 10.2 Å². The van der Waals surface area contributed by atoms with Crippen molar-refractivity contribution < 1.29 is 19.5 Å². The SMILES string of the molecule is CC(NC(=O)CCC(=O)N1CCc2sccc2C1)C(C)C(=O)O. The molecule has 0 radical (unpaired) electrons. The van der Waals surface area contributed by atoms with Crippen molar-refractivity contribution in [2.24, 2.45) is 5.92 Å². The lowest BCUT2D eigenvalue weighted by molar-refractivity contribution is -0.142. The summed E-state index contributed by atoms with van der Waals surface area (Å²) < 4.78 is 0. The second kappa shape index (κ2) is 7.59. The smallest absolute Gasteiger partial charge is 0.308 e. The molecule has 126 valence electrons. The fraction of sp³-hybridized carbons (Fsp3) is 0.562. The molecule has 0 fully saturated rings. The topological polar surface area (TPSA) is 86.7 Å². The van der Waals surface area contributed by atoms with E-state index in [2.05, 4.69) is 5.32 Å². The third-order valence-corrected chi connectivity index (χ3v) is 5.28. The Bertz CT molecular complexity index is 599. The van der Waals surface area contributed by atoms with E-state index in [0.717, 1.165) is 6.42 Å². The van der Waals surface area contributed by atoms with E-state index in [4.69, 9.17) is 5.11 Å². The molecule has 0 saturated heterocycles. The molecule has 7 heteroatoms. The first-order chi connectivity index (χ1) is 10.9.